The lowest BCUT2D eigenvalue weighted by Gasteiger charge is -2.42. The first-order valence-electron chi connectivity index (χ1n) is 12.3. The number of aromatic nitrogens is 2. The minimum atomic E-state index is -0.0208. The minimum Gasteiger partial charge on any atom is -0.339 e. The third kappa shape index (κ3) is 7.18. The van der Waals surface area contributed by atoms with Crippen LogP contribution in [0, 0.1) is 0 Å². The number of allylic oxidation sites excluding steroid dienone is 2. The molecule has 1 saturated carbocycles. The van der Waals surface area contributed by atoms with Gasteiger partial charge >= 0.3 is 0 Å². The zero-order chi connectivity index (χ0) is 23.6. The summed E-state index contributed by atoms with van der Waals surface area (Å²) in [4.78, 5) is 30.0. The highest BCUT2D eigenvalue weighted by molar-refractivity contribution is 8.03. The molecule has 2 heterocycles. The molecule has 2 fully saturated rings. The number of thioether (sulfide) groups is 1. The third-order valence-corrected chi connectivity index (χ3v) is 7.53. The van der Waals surface area contributed by atoms with Gasteiger partial charge in [-0.05, 0) is 56.6 Å². The molecule has 0 unspecified atom stereocenters. The van der Waals surface area contributed by atoms with E-state index in [9.17, 15) is 4.79 Å². The molecule has 0 spiro atoms. The van der Waals surface area contributed by atoms with Gasteiger partial charge in [0, 0.05) is 68.2 Å². The van der Waals surface area contributed by atoms with Gasteiger partial charge in [-0.15, -0.1) is 11.8 Å². The Kier molecular flexibility index (Phi) is 10.0. The van der Waals surface area contributed by atoms with Gasteiger partial charge in [0.2, 0.25) is 5.95 Å². The van der Waals surface area contributed by atoms with Crippen molar-refractivity contribution in [2.24, 2.45) is 0 Å². The lowest BCUT2D eigenvalue weighted by atomic mass is 9.91. The Labute approximate surface area is 203 Å². The van der Waals surface area contributed by atoms with Gasteiger partial charge in [-0.3, -0.25) is 9.69 Å². The Morgan fingerprint density at radius 3 is 2.42 bits per heavy atom. The van der Waals surface area contributed by atoms with Crippen molar-refractivity contribution in [1.82, 2.24) is 19.8 Å². The topological polar surface area (TPSA) is 52.6 Å². The lowest BCUT2D eigenvalue weighted by Crippen LogP contribution is -2.52. The van der Waals surface area contributed by atoms with Crippen molar-refractivity contribution in [3.8, 4) is 0 Å². The van der Waals surface area contributed by atoms with E-state index in [1.807, 2.05) is 43.3 Å². The van der Waals surface area contributed by atoms with Gasteiger partial charge < -0.3 is 9.80 Å². The van der Waals surface area contributed by atoms with E-state index in [1.54, 1.807) is 11.8 Å². The predicted molar refractivity (Wildman–Crippen MR) is 140 cm³/mol. The Morgan fingerprint density at radius 2 is 1.88 bits per heavy atom. The van der Waals surface area contributed by atoms with Crippen molar-refractivity contribution in [2.75, 3.05) is 49.9 Å². The molecule has 0 radical (unpaired) electrons. The van der Waals surface area contributed by atoms with Crippen LogP contribution in [0.2, 0.25) is 0 Å². The van der Waals surface area contributed by atoms with E-state index in [-0.39, 0.29) is 5.91 Å². The van der Waals surface area contributed by atoms with Gasteiger partial charge in [0.1, 0.15) is 0 Å². The molecule has 1 aromatic heterocycles. The molecule has 3 rings (SSSR count). The smallest absolute Gasteiger partial charge is 0.253 e. The standard InChI is InChI=1S/C26H39N5OS/c1-5-24(33-7-3)12-11-21(4)25(32)29(6-2)14-13-22-19-27-26(28-20-22)31-17-15-30(16-18-31)23-9-8-10-23/h5,11-12,19-20,23H,4,6-10,13-18H2,1-3H3/b12-11-,24-5+. The van der Waals surface area contributed by atoms with Crippen LogP contribution in [-0.4, -0.2) is 76.7 Å². The van der Waals surface area contributed by atoms with E-state index in [0.717, 1.165) is 60.8 Å². The molecule has 2 aliphatic rings. The molecule has 1 aliphatic heterocycles. The maximum absolute atomic E-state index is 12.8. The summed E-state index contributed by atoms with van der Waals surface area (Å²) in [7, 11) is 0. The van der Waals surface area contributed by atoms with E-state index in [1.165, 1.54) is 19.3 Å². The average Bonchev–Trinajstić information content (AvgIpc) is 2.81. The number of piperazine rings is 1. The van der Waals surface area contributed by atoms with Gasteiger partial charge in [-0.25, -0.2) is 9.97 Å². The first kappa shape index (κ1) is 25.5. The third-order valence-electron chi connectivity index (χ3n) is 6.54. The monoisotopic (exact) mass is 469 g/mol. The van der Waals surface area contributed by atoms with Crippen molar-refractivity contribution >= 4 is 23.6 Å². The zero-order valence-electron chi connectivity index (χ0n) is 20.5. The summed E-state index contributed by atoms with van der Waals surface area (Å²) in [5.41, 5.74) is 1.57. The van der Waals surface area contributed by atoms with Crippen molar-refractivity contribution < 1.29 is 4.79 Å². The summed E-state index contributed by atoms with van der Waals surface area (Å²) in [6, 6.07) is 0.812. The summed E-state index contributed by atoms with van der Waals surface area (Å²) in [6.07, 6.45) is 14.5. The highest BCUT2D eigenvalue weighted by Gasteiger charge is 2.28. The van der Waals surface area contributed by atoms with Gasteiger partial charge in [-0.1, -0.05) is 26.0 Å². The van der Waals surface area contributed by atoms with E-state index < -0.39 is 0 Å². The quantitative estimate of drug-likeness (QED) is 0.356. The Hall–Kier alpha value is -2.12. The normalized spacial score (nSPS) is 17.9. The molecular formula is C26H39N5OS. The first-order chi connectivity index (χ1) is 16.0. The van der Waals surface area contributed by atoms with Gasteiger partial charge in [0.05, 0.1) is 0 Å². The van der Waals surface area contributed by atoms with Crippen LogP contribution in [0.25, 0.3) is 0 Å². The van der Waals surface area contributed by atoms with Crippen LogP contribution in [0.3, 0.4) is 0 Å². The molecule has 1 saturated heterocycles. The number of rotatable bonds is 11. The van der Waals surface area contributed by atoms with Gasteiger partial charge in [-0.2, -0.15) is 0 Å². The number of likely N-dealkylation sites (N-methyl/N-ethyl adjacent to an activating group) is 1. The number of hydrogen-bond donors (Lipinski definition) is 0. The second-order valence-electron chi connectivity index (χ2n) is 8.62. The fourth-order valence-electron chi connectivity index (χ4n) is 4.20. The molecule has 7 heteroatoms. The molecule has 0 N–H and O–H groups in total. The molecule has 33 heavy (non-hydrogen) atoms. The van der Waals surface area contributed by atoms with Crippen LogP contribution in [0.1, 0.15) is 45.6 Å². The molecule has 1 aromatic rings. The first-order valence-corrected chi connectivity index (χ1v) is 13.3. The lowest BCUT2D eigenvalue weighted by molar-refractivity contribution is -0.126. The number of hydrogen-bond acceptors (Lipinski definition) is 6. The molecule has 1 aliphatic carbocycles. The molecule has 0 aromatic carbocycles. The van der Waals surface area contributed by atoms with Crippen molar-refractivity contribution in [1.29, 1.82) is 0 Å². The van der Waals surface area contributed by atoms with Crippen molar-refractivity contribution in [2.45, 2.75) is 52.5 Å². The summed E-state index contributed by atoms with van der Waals surface area (Å²) < 4.78 is 0. The minimum absolute atomic E-state index is 0.0208. The second kappa shape index (κ2) is 12.9. The van der Waals surface area contributed by atoms with Crippen molar-refractivity contribution in [3.63, 3.8) is 0 Å². The molecule has 0 atom stereocenters. The van der Waals surface area contributed by atoms with E-state index in [4.69, 9.17) is 0 Å². The Balaban J connectivity index is 1.47. The van der Waals surface area contributed by atoms with E-state index in [0.29, 0.717) is 18.7 Å². The number of carbonyl (C=O) groups is 1. The number of carbonyl (C=O) groups excluding carboxylic acids is 1. The Morgan fingerprint density at radius 1 is 1.18 bits per heavy atom. The molecule has 6 nitrogen and oxygen atoms in total. The zero-order valence-corrected chi connectivity index (χ0v) is 21.3. The van der Waals surface area contributed by atoms with Crippen LogP contribution in [0.4, 0.5) is 5.95 Å². The summed E-state index contributed by atoms with van der Waals surface area (Å²) in [5, 5.41) is 0. The maximum atomic E-state index is 12.8. The highest BCUT2D eigenvalue weighted by atomic mass is 32.2. The fourth-order valence-corrected chi connectivity index (χ4v) is 4.86. The second-order valence-corrected chi connectivity index (χ2v) is 9.95. The van der Waals surface area contributed by atoms with Crippen molar-refractivity contribution in [3.05, 3.63) is 53.2 Å². The van der Waals surface area contributed by atoms with Gasteiger partial charge in [0.25, 0.3) is 5.91 Å². The predicted octanol–water partition coefficient (Wildman–Crippen LogP) is 4.31. The Bertz CT molecular complexity index is 839. The molecule has 180 valence electrons. The highest BCUT2D eigenvalue weighted by Crippen LogP contribution is 2.26. The van der Waals surface area contributed by atoms with Crippen LogP contribution in [0.15, 0.2) is 47.7 Å². The molecular weight excluding hydrogens is 430 g/mol. The SMILES string of the molecule is C=C(/C=C\C(=C/C)SCC)C(=O)N(CC)CCc1cnc(N2CCN(C3CCC3)CC2)nc1. The number of nitrogens with zero attached hydrogens (tertiary/aromatic N) is 5. The average molecular weight is 470 g/mol. The largest absolute Gasteiger partial charge is 0.339 e. The fraction of sp³-hybridized carbons (Fsp3) is 0.577. The summed E-state index contributed by atoms with van der Waals surface area (Å²) in [5.74, 6) is 1.80. The molecule has 0 bridgehead atoms. The van der Waals surface area contributed by atoms with E-state index in [2.05, 4.69) is 39.3 Å². The maximum Gasteiger partial charge on any atom is 0.253 e. The molecule has 1 amide bonds. The van der Waals surface area contributed by atoms with Crippen LogP contribution in [-0.2, 0) is 11.2 Å². The van der Waals surface area contributed by atoms with Crippen LogP contribution < -0.4 is 4.90 Å². The summed E-state index contributed by atoms with van der Waals surface area (Å²) in [6.45, 7) is 15.6. The number of anilines is 1. The van der Waals surface area contributed by atoms with Gasteiger partial charge in [0.15, 0.2) is 0 Å². The van der Waals surface area contributed by atoms with Crippen LogP contribution in [0.5, 0.6) is 0 Å². The number of amides is 1. The summed E-state index contributed by atoms with van der Waals surface area (Å²) >= 11 is 1.76. The van der Waals surface area contributed by atoms with Crippen LogP contribution >= 0.6 is 11.8 Å². The van der Waals surface area contributed by atoms with E-state index >= 15 is 0 Å².